The average Bonchev–Trinajstić information content (AvgIpc) is 3.20. The summed E-state index contributed by atoms with van der Waals surface area (Å²) < 4.78 is 42.1. The first-order valence-electron chi connectivity index (χ1n) is 11.1. The number of nitrogens with one attached hydrogen (secondary N) is 1. The predicted molar refractivity (Wildman–Crippen MR) is 116 cm³/mol. The Morgan fingerprint density at radius 2 is 1.88 bits per heavy atom. The van der Waals surface area contributed by atoms with Gasteiger partial charge in [0, 0.05) is 49.3 Å². The van der Waals surface area contributed by atoms with Gasteiger partial charge in [-0.05, 0) is 20.8 Å². The van der Waals surface area contributed by atoms with Crippen molar-refractivity contribution in [1.29, 1.82) is 0 Å². The van der Waals surface area contributed by atoms with Crippen LogP contribution in [0.3, 0.4) is 0 Å². The number of ether oxygens (including phenoxy) is 2. The number of piperidine rings is 1. The van der Waals surface area contributed by atoms with Crippen molar-refractivity contribution in [3.05, 3.63) is 36.2 Å². The summed E-state index contributed by atoms with van der Waals surface area (Å²) in [5.74, 6) is -1.28. The van der Waals surface area contributed by atoms with Crippen LogP contribution >= 0.6 is 0 Å². The van der Waals surface area contributed by atoms with Crippen LogP contribution in [-0.4, -0.2) is 64.6 Å². The highest BCUT2D eigenvalue weighted by atomic mass is 19.1. The van der Waals surface area contributed by atoms with Crippen molar-refractivity contribution < 1.29 is 27.8 Å². The van der Waals surface area contributed by atoms with Crippen molar-refractivity contribution in [2.24, 2.45) is 11.8 Å². The van der Waals surface area contributed by atoms with Crippen LogP contribution in [0.25, 0.3) is 0 Å². The van der Waals surface area contributed by atoms with Crippen molar-refractivity contribution in [3.8, 4) is 0 Å². The van der Waals surface area contributed by atoms with Gasteiger partial charge in [-0.25, -0.2) is 23.1 Å². The SMILES string of the molecule is CC(C)(C)OC(=O)NC1[C@H]2CN(c3c(F)cc(N4C[C@H](Cn5ccnn5)OC4=O)cc3F)C[C@@H]12. The molecule has 1 N–H and O–H groups in total. The number of hydrogen-bond acceptors (Lipinski definition) is 7. The van der Waals surface area contributed by atoms with E-state index in [9.17, 15) is 9.59 Å². The van der Waals surface area contributed by atoms with Crippen molar-refractivity contribution in [2.75, 3.05) is 29.4 Å². The first-order valence-corrected chi connectivity index (χ1v) is 11.1. The molecule has 1 aliphatic carbocycles. The molecule has 2 amide bonds. The number of carbonyl (C=O) groups excluding carboxylic acids is 2. The number of cyclic esters (lactones) is 1. The largest absolute Gasteiger partial charge is 0.444 e. The van der Waals surface area contributed by atoms with Gasteiger partial charge in [0.2, 0.25) is 0 Å². The van der Waals surface area contributed by atoms with Gasteiger partial charge in [-0.3, -0.25) is 4.90 Å². The highest BCUT2D eigenvalue weighted by Gasteiger charge is 2.57. The standard InChI is InChI=1S/C22H26F2N6O4/c1-22(2,3)34-20(31)26-18-14-10-28(11-15(14)18)19-16(23)6-12(7-17(19)24)30-9-13(33-21(30)32)8-29-5-4-25-27-29/h4-7,13-15,18H,8-11H2,1-3H3,(H,26,31)/t13-,14-,15+,18?/m0/s1. The molecule has 1 unspecified atom stereocenters. The summed E-state index contributed by atoms with van der Waals surface area (Å²) in [6, 6.07) is 2.24. The lowest BCUT2D eigenvalue weighted by Crippen LogP contribution is -2.38. The van der Waals surface area contributed by atoms with Crippen LogP contribution in [0.1, 0.15) is 20.8 Å². The molecule has 1 saturated carbocycles. The van der Waals surface area contributed by atoms with Gasteiger partial charge in [-0.1, -0.05) is 5.21 Å². The molecule has 5 rings (SSSR count). The number of fused-ring (bicyclic) bond motifs is 1. The third-order valence-electron chi connectivity index (χ3n) is 6.24. The first-order chi connectivity index (χ1) is 16.1. The van der Waals surface area contributed by atoms with Gasteiger partial charge in [0.25, 0.3) is 0 Å². The predicted octanol–water partition coefficient (Wildman–Crippen LogP) is 2.54. The van der Waals surface area contributed by atoms with Crippen LogP contribution < -0.4 is 15.1 Å². The van der Waals surface area contributed by atoms with Crippen molar-refractivity contribution >= 4 is 23.6 Å². The van der Waals surface area contributed by atoms with Crippen LogP contribution in [-0.2, 0) is 16.0 Å². The topological polar surface area (TPSA) is 102 Å². The lowest BCUT2D eigenvalue weighted by Gasteiger charge is -2.25. The van der Waals surface area contributed by atoms with Crippen molar-refractivity contribution in [2.45, 2.75) is 45.1 Å². The maximum absolute atomic E-state index is 15.0. The van der Waals surface area contributed by atoms with E-state index in [1.165, 1.54) is 15.8 Å². The molecule has 1 aromatic heterocycles. The zero-order valence-corrected chi connectivity index (χ0v) is 19.1. The summed E-state index contributed by atoms with van der Waals surface area (Å²) in [7, 11) is 0. The molecule has 3 fully saturated rings. The Morgan fingerprint density at radius 1 is 1.21 bits per heavy atom. The van der Waals surface area contributed by atoms with E-state index >= 15 is 8.78 Å². The molecule has 0 radical (unpaired) electrons. The van der Waals surface area contributed by atoms with E-state index in [1.807, 2.05) is 0 Å². The summed E-state index contributed by atoms with van der Waals surface area (Å²) in [6.45, 7) is 6.64. The minimum absolute atomic E-state index is 0.0576. The number of hydrogen-bond donors (Lipinski definition) is 1. The number of halogens is 2. The second-order valence-corrected chi connectivity index (χ2v) is 9.90. The molecule has 12 heteroatoms. The summed E-state index contributed by atoms with van der Waals surface area (Å²) in [6.07, 6.45) is 1.48. The van der Waals surface area contributed by atoms with E-state index in [-0.39, 0.29) is 35.8 Å². The second-order valence-electron chi connectivity index (χ2n) is 9.90. The number of amides is 2. The van der Waals surface area contributed by atoms with Gasteiger partial charge in [-0.15, -0.1) is 5.10 Å². The summed E-state index contributed by atoms with van der Waals surface area (Å²) in [5, 5.41) is 10.4. The van der Waals surface area contributed by atoms with Crippen LogP contribution in [0.4, 0.5) is 29.7 Å². The first kappa shape index (κ1) is 22.4. The Labute approximate surface area is 194 Å². The number of benzene rings is 1. The molecule has 2 saturated heterocycles. The molecule has 0 bridgehead atoms. The minimum atomic E-state index is -0.750. The molecule has 3 heterocycles. The van der Waals surface area contributed by atoms with Crippen LogP contribution in [0.15, 0.2) is 24.5 Å². The van der Waals surface area contributed by atoms with Gasteiger partial charge in [0.1, 0.15) is 17.4 Å². The maximum Gasteiger partial charge on any atom is 0.414 e. The molecule has 4 atom stereocenters. The highest BCUT2D eigenvalue weighted by molar-refractivity contribution is 5.90. The fourth-order valence-electron chi connectivity index (χ4n) is 4.74. The molecule has 182 valence electrons. The molecule has 3 aliphatic rings. The van der Waals surface area contributed by atoms with E-state index in [0.29, 0.717) is 19.6 Å². The van der Waals surface area contributed by atoms with Crippen molar-refractivity contribution in [3.63, 3.8) is 0 Å². The van der Waals surface area contributed by atoms with Gasteiger partial charge < -0.3 is 19.7 Å². The van der Waals surface area contributed by atoms with E-state index in [2.05, 4.69) is 15.6 Å². The summed E-state index contributed by atoms with van der Waals surface area (Å²) >= 11 is 0. The number of rotatable bonds is 5. The molecule has 0 spiro atoms. The minimum Gasteiger partial charge on any atom is -0.444 e. The molecular weight excluding hydrogens is 450 g/mol. The smallest absolute Gasteiger partial charge is 0.414 e. The van der Waals surface area contributed by atoms with Crippen LogP contribution in [0.5, 0.6) is 0 Å². The van der Waals surface area contributed by atoms with Crippen LogP contribution in [0, 0.1) is 23.5 Å². The maximum atomic E-state index is 15.0. The molecule has 2 aliphatic heterocycles. The normalized spacial score (nSPS) is 25.9. The second kappa shape index (κ2) is 8.10. The Morgan fingerprint density at radius 3 is 2.47 bits per heavy atom. The number of aromatic nitrogens is 3. The highest BCUT2D eigenvalue weighted by Crippen LogP contribution is 2.48. The molecule has 2 aromatic rings. The molecule has 1 aromatic carbocycles. The Bertz CT molecular complexity index is 1070. The monoisotopic (exact) mass is 476 g/mol. The van der Waals surface area contributed by atoms with Gasteiger partial charge >= 0.3 is 12.2 Å². The van der Waals surface area contributed by atoms with E-state index in [1.54, 1.807) is 31.9 Å². The lowest BCUT2D eigenvalue weighted by atomic mass is 10.2. The quantitative estimate of drug-likeness (QED) is 0.708. The fraction of sp³-hybridized carbons (Fsp3) is 0.545. The van der Waals surface area contributed by atoms with Gasteiger partial charge in [-0.2, -0.15) is 0 Å². The van der Waals surface area contributed by atoms with Crippen molar-refractivity contribution in [1.82, 2.24) is 20.3 Å². The molecular formula is C22H26F2N6O4. The third kappa shape index (κ3) is 4.36. The van der Waals surface area contributed by atoms with Gasteiger partial charge in [0.15, 0.2) is 11.6 Å². The van der Waals surface area contributed by atoms with E-state index < -0.39 is 35.5 Å². The Kier molecular flexibility index (Phi) is 5.33. The fourth-order valence-corrected chi connectivity index (χ4v) is 4.74. The zero-order valence-electron chi connectivity index (χ0n) is 19.1. The number of nitrogens with zero attached hydrogens (tertiary/aromatic N) is 5. The number of alkyl carbamates (subject to hydrolysis) is 1. The van der Waals surface area contributed by atoms with Gasteiger partial charge in [0.05, 0.1) is 25.0 Å². The third-order valence-corrected chi connectivity index (χ3v) is 6.24. The Balaban J connectivity index is 1.21. The summed E-state index contributed by atoms with van der Waals surface area (Å²) in [5.41, 5.74) is -0.621. The molecule has 34 heavy (non-hydrogen) atoms. The summed E-state index contributed by atoms with van der Waals surface area (Å²) in [4.78, 5) is 27.1. The number of anilines is 2. The number of carbonyl (C=O) groups is 2. The van der Waals surface area contributed by atoms with E-state index in [4.69, 9.17) is 9.47 Å². The Hall–Kier alpha value is -3.44. The average molecular weight is 476 g/mol. The van der Waals surface area contributed by atoms with Crippen LogP contribution in [0.2, 0.25) is 0 Å². The van der Waals surface area contributed by atoms with E-state index in [0.717, 1.165) is 12.1 Å². The molecule has 10 nitrogen and oxygen atoms in total. The zero-order chi connectivity index (χ0) is 24.2. The lowest BCUT2D eigenvalue weighted by molar-refractivity contribution is 0.0518.